The van der Waals surface area contributed by atoms with Crippen LogP contribution in [0, 0.1) is 5.92 Å². The lowest BCUT2D eigenvalue weighted by Gasteiger charge is -2.33. The fraction of sp³-hybridized carbons (Fsp3) is 0.755. The number of benzene rings is 1. The van der Waals surface area contributed by atoms with Gasteiger partial charge in [0.15, 0.2) is 0 Å². The highest BCUT2D eigenvalue weighted by molar-refractivity contribution is 5.97. The number of aliphatic carboxylic acids is 1. The summed E-state index contributed by atoms with van der Waals surface area (Å²) in [5, 5.41) is 23.8. The van der Waals surface area contributed by atoms with Gasteiger partial charge in [-0.15, -0.1) is 0 Å². The fourth-order valence-electron chi connectivity index (χ4n) is 8.15. The van der Waals surface area contributed by atoms with E-state index in [1.54, 1.807) is 38.1 Å². The molecule has 17 nitrogen and oxygen atoms in total. The van der Waals surface area contributed by atoms with Crippen LogP contribution < -0.4 is 31.3 Å². The van der Waals surface area contributed by atoms with Gasteiger partial charge in [-0.3, -0.25) is 28.8 Å². The summed E-state index contributed by atoms with van der Waals surface area (Å²) in [6.07, 6.45) is 12.1. The highest BCUT2D eigenvalue weighted by atomic mass is 16.5. The van der Waals surface area contributed by atoms with Crippen LogP contribution >= 0.6 is 0 Å². The summed E-state index contributed by atoms with van der Waals surface area (Å²) in [4.78, 5) is 97.3. The average molecular weight is 987 g/mol. The topological polar surface area (TPSA) is 231 Å². The second kappa shape index (κ2) is 34.5. The minimum absolute atomic E-state index is 0.0167. The fourth-order valence-corrected chi connectivity index (χ4v) is 8.15. The number of nitrogens with one attached hydrogen (secondary N) is 5. The van der Waals surface area contributed by atoms with E-state index in [0.717, 1.165) is 57.8 Å². The normalized spacial score (nSPS) is 16.5. The highest BCUT2D eigenvalue weighted by Gasteiger charge is 2.42. The molecule has 1 saturated heterocycles. The zero-order chi connectivity index (χ0) is 52.0. The summed E-state index contributed by atoms with van der Waals surface area (Å²) in [6.45, 7) is 18.3. The second-order valence-electron chi connectivity index (χ2n) is 19.3. The number of amides is 6. The van der Waals surface area contributed by atoms with E-state index in [9.17, 15) is 38.7 Å². The second-order valence-corrected chi connectivity index (χ2v) is 19.3. The molecule has 1 aromatic carbocycles. The number of hydrogen-bond acceptors (Lipinski definition) is 10. The highest BCUT2D eigenvalue weighted by Crippen LogP contribution is 2.22. The van der Waals surface area contributed by atoms with Gasteiger partial charge in [-0.2, -0.15) is 0 Å². The van der Waals surface area contributed by atoms with E-state index < -0.39 is 84.0 Å². The Balaban J connectivity index is 2.26. The molecule has 0 radical (unpaired) electrons. The number of hydrogen-bond donors (Lipinski definition) is 6. The monoisotopic (exact) mass is 987 g/mol. The SMILES string of the molecule is CCCCCCCCCC(=O)N[C@@H](CC(C)C)C(=O)N[C@H](C(=O)N1CCC[C@@H]1C(=O)N[C@H](C(=O)N[C@@H](C)C(=O)N[C@@H](Cc1ccc(OCCCC)cc1)C(=O)O)C(C)OCCCC)C(C)OCCCC. The molecular weight excluding hydrogens is 897 g/mol. The molecule has 1 aliphatic rings. The standard InChI is InChI=1S/C53H90N6O11/c1-10-14-18-19-20-21-22-25-45(60)55-42(34-36(5)6)49(62)58-47(39(9)69-32-16-12-3)52(65)59-30-23-24-44(59)50(63)57-46(38(8)68-31-15-11-2)51(64)54-37(7)48(61)56-43(53(66)67)35-40-26-28-41(29-27-40)70-33-17-13-4/h26-29,36-39,42-44,46-47H,10-25,30-35H2,1-9H3,(H,54,64)(H,55,60)(H,56,61)(H,57,63)(H,58,62)(H,66,67)/t37-,38?,39?,42-,43-,44+,46-,47-/m0/s1. The van der Waals surface area contributed by atoms with E-state index in [4.69, 9.17) is 14.2 Å². The number of nitrogens with zero attached hydrogens (tertiary/aromatic N) is 1. The van der Waals surface area contributed by atoms with Gasteiger partial charge in [0.2, 0.25) is 35.4 Å². The van der Waals surface area contributed by atoms with Gasteiger partial charge in [0.25, 0.3) is 0 Å². The summed E-state index contributed by atoms with van der Waals surface area (Å²) in [5.74, 6) is -3.93. The van der Waals surface area contributed by atoms with Crippen LogP contribution in [0.2, 0.25) is 0 Å². The maximum atomic E-state index is 14.6. The number of unbranched alkanes of at least 4 members (excludes halogenated alkanes) is 9. The third kappa shape index (κ3) is 23.0. The van der Waals surface area contributed by atoms with Gasteiger partial charge in [-0.05, 0) is 89.3 Å². The molecular formula is C53H90N6O11. The molecule has 0 bridgehead atoms. The molecule has 0 spiro atoms. The largest absolute Gasteiger partial charge is 0.494 e. The maximum absolute atomic E-state index is 14.6. The van der Waals surface area contributed by atoms with E-state index in [-0.39, 0.29) is 31.2 Å². The molecule has 2 rings (SSSR count). The van der Waals surface area contributed by atoms with Crippen molar-refractivity contribution in [3.05, 3.63) is 29.8 Å². The Morgan fingerprint density at radius 3 is 1.79 bits per heavy atom. The Morgan fingerprint density at radius 2 is 1.20 bits per heavy atom. The van der Waals surface area contributed by atoms with Gasteiger partial charge in [0.1, 0.15) is 42.0 Å². The lowest BCUT2D eigenvalue weighted by molar-refractivity contribution is -0.146. The molecule has 0 aliphatic carbocycles. The Morgan fingerprint density at radius 1 is 0.629 bits per heavy atom. The average Bonchev–Trinajstić information content (AvgIpc) is 3.82. The van der Waals surface area contributed by atoms with Crippen LogP contribution in [-0.2, 0) is 49.5 Å². The van der Waals surface area contributed by atoms with Gasteiger partial charge in [-0.1, -0.05) is 111 Å². The van der Waals surface area contributed by atoms with Gasteiger partial charge < -0.3 is 50.8 Å². The molecule has 8 atom stereocenters. The first-order valence-electron chi connectivity index (χ1n) is 26.5. The van der Waals surface area contributed by atoms with Crippen LogP contribution in [0.4, 0.5) is 0 Å². The molecule has 1 aliphatic heterocycles. The smallest absolute Gasteiger partial charge is 0.326 e. The molecule has 17 heteroatoms. The lowest BCUT2D eigenvalue weighted by Crippen LogP contribution is -2.62. The molecule has 1 fully saturated rings. The summed E-state index contributed by atoms with van der Waals surface area (Å²) < 4.78 is 17.8. The van der Waals surface area contributed by atoms with E-state index in [1.165, 1.54) is 31.1 Å². The van der Waals surface area contributed by atoms with E-state index >= 15 is 0 Å². The van der Waals surface area contributed by atoms with Crippen molar-refractivity contribution in [1.29, 1.82) is 0 Å². The first-order valence-corrected chi connectivity index (χ1v) is 26.5. The number of carboxylic acids is 1. The van der Waals surface area contributed by atoms with Crippen molar-refractivity contribution < 1.29 is 52.9 Å². The molecule has 6 amide bonds. The molecule has 398 valence electrons. The molecule has 70 heavy (non-hydrogen) atoms. The number of carbonyl (C=O) groups excluding carboxylic acids is 6. The van der Waals surface area contributed by atoms with E-state index in [1.807, 2.05) is 27.7 Å². The van der Waals surface area contributed by atoms with Gasteiger partial charge >= 0.3 is 5.97 Å². The maximum Gasteiger partial charge on any atom is 0.326 e. The molecule has 2 unspecified atom stereocenters. The van der Waals surface area contributed by atoms with Crippen molar-refractivity contribution in [2.45, 2.75) is 226 Å². The van der Waals surface area contributed by atoms with Crippen molar-refractivity contribution in [1.82, 2.24) is 31.5 Å². The summed E-state index contributed by atoms with van der Waals surface area (Å²) in [5.41, 5.74) is 0.660. The van der Waals surface area contributed by atoms with Crippen LogP contribution in [0.15, 0.2) is 24.3 Å². The number of likely N-dealkylation sites (tertiary alicyclic amines) is 1. The van der Waals surface area contributed by atoms with Crippen LogP contribution in [0.5, 0.6) is 5.75 Å². The third-order valence-corrected chi connectivity index (χ3v) is 12.5. The van der Waals surface area contributed by atoms with Crippen LogP contribution in [0.1, 0.15) is 177 Å². The van der Waals surface area contributed by atoms with Crippen molar-refractivity contribution >= 4 is 41.4 Å². The molecule has 1 aromatic rings. The predicted octanol–water partition coefficient (Wildman–Crippen LogP) is 6.52. The van der Waals surface area contributed by atoms with Crippen molar-refractivity contribution in [3.63, 3.8) is 0 Å². The van der Waals surface area contributed by atoms with Crippen molar-refractivity contribution in [2.24, 2.45) is 5.92 Å². The number of ether oxygens (including phenoxy) is 3. The summed E-state index contributed by atoms with van der Waals surface area (Å²) >= 11 is 0. The molecule has 1 heterocycles. The molecule has 6 N–H and O–H groups in total. The Labute approximate surface area is 418 Å². The minimum atomic E-state index is -1.31. The van der Waals surface area contributed by atoms with Crippen molar-refractivity contribution in [2.75, 3.05) is 26.4 Å². The minimum Gasteiger partial charge on any atom is -0.494 e. The first kappa shape index (κ1) is 61.3. The number of rotatable bonds is 37. The number of carbonyl (C=O) groups is 7. The van der Waals surface area contributed by atoms with Crippen molar-refractivity contribution in [3.8, 4) is 5.75 Å². The van der Waals surface area contributed by atoms with E-state index in [0.29, 0.717) is 56.8 Å². The Hall–Kier alpha value is -4.77. The Bertz CT molecular complexity index is 1730. The van der Waals surface area contributed by atoms with Crippen LogP contribution in [0.3, 0.4) is 0 Å². The van der Waals surface area contributed by atoms with Gasteiger partial charge in [0.05, 0.1) is 18.8 Å². The number of carboxylic acid groups (broad SMARTS) is 1. The summed E-state index contributed by atoms with van der Waals surface area (Å²) in [7, 11) is 0. The summed E-state index contributed by atoms with van der Waals surface area (Å²) in [6, 6.07) is 0.0502. The molecule has 0 aromatic heterocycles. The predicted molar refractivity (Wildman–Crippen MR) is 271 cm³/mol. The van der Waals surface area contributed by atoms with Crippen LogP contribution in [0.25, 0.3) is 0 Å². The van der Waals surface area contributed by atoms with Gasteiger partial charge in [0, 0.05) is 32.6 Å². The zero-order valence-electron chi connectivity index (χ0n) is 44.0. The van der Waals surface area contributed by atoms with E-state index in [2.05, 4.69) is 40.4 Å². The first-order chi connectivity index (χ1) is 33.5. The lowest BCUT2D eigenvalue weighted by atomic mass is 10.0. The van der Waals surface area contributed by atoms with Crippen LogP contribution in [-0.4, -0.2) is 126 Å². The quantitative estimate of drug-likeness (QED) is 0.0393. The van der Waals surface area contributed by atoms with Gasteiger partial charge in [-0.25, -0.2) is 4.79 Å². The molecule has 0 saturated carbocycles. The zero-order valence-corrected chi connectivity index (χ0v) is 44.0. The third-order valence-electron chi connectivity index (χ3n) is 12.5. The Kier molecular flexibility index (Phi) is 30.3.